The minimum atomic E-state index is -0.0522. The molecule has 0 aromatic heterocycles. The fraction of sp³-hybridized carbons (Fsp3) is 0.562. The van der Waals surface area contributed by atoms with E-state index < -0.39 is 0 Å². The van der Waals surface area contributed by atoms with Gasteiger partial charge in [0.1, 0.15) is 6.61 Å². The molecule has 21 heavy (non-hydrogen) atoms. The van der Waals surface area contributed by atoms with E-state index in [4.69, 9.17) is 14.2 Å². The normalized spacial score (nSPS) is 15.0. The molecule has 1 amide bonds. The van der Waals surface area contributed by atoms with Crippen LogP contribution in [0.4, 0.5) is 0 Å². The van der Waals surface area contributed by atoms with Crippen LogP contribution in [0.1, 0.15) is 36.0 Å². The molecule has 0 heterocycles. The standard InChI is InChI=1S/C16H23NO4/c1-19-9-10-21-14-8-7-12(11-15(14)20-2)16(18)17-13-5-3-4-6-13/h7-8,11,13H,3-6,9-10H2,1-2H3,(H,17,18). The Balaban J connectivity index is 2.01. The quantitative estimate of drug-likeness (QED) is 0.784. The van der Waals surface area contributed by atoms with Crippen molar-refractivity contribution >= 4 is 5.91 Å². The highest BCUT2D eigenvalue weighted by atomic mass is 16.5. The summed E-state index contributed by atoms with van der Waals surface area (Å²) < 4.78 is 15.8. The molecule has 0 spiro atoms. The van der Waals surface area contributed by atoms with Gasteiger partial charge in [-0.05, 0) is 31.0 Å². The van der Waals surface area contributed by atoms with Gasteiger partial charge in [0.2, 0.25) is 0 Å². The van der Waals surface area contributed by atoms with Crippen LogP contribution >= 0.6 is 0 Å². The average Bonchev–Trinajstić information content (AvgIpc) is 3.00. The molecule has 1 N–H and O–H groups in total. The van der Waals surface area contributed by atoms with Crippen molar-refractivity contribution in [1.82, 2.24) is 5.32 Å². The lowest BCUT2D eigenvalue weighted by Gasteiger charge is -2.14. The Bertz CT molecular complexity index is 469. The minimum Gasteiger partial charge on any atom is -0.493 e. The molecule has 5 heteroatoms. The Labute approximate surface area is 125 Å². The maximum Gasteiger partial charge on any atom is 0.251 e. The molecule has 0 saturated heterocycles. The van der Waals surface area contributed by atoms with Crippen LogP contribution < -0.4 is 14.8 Å². The number of ether oxygens (including phenoxy) is 3. The fourth-order valence-corrected chi connectivity index (χ4v) is 2.50. The van der Waals surface area contributed by atoms with Gasteiger partial charge in [0, 0.05) is 18.7 Å². The Morgan fingerprint density at radius 3 is 2.62 bits per heavy atom. The van der Waals surface area contributed by atoms with Crippen LogP contribution in [0, 0.1) is 0 Å². The number of rotatable bonds is 7. The van der Waals surface area contributed by atoms with Crippen LogP contribution in [-0.4, -0.2) is 39.4 Å². The first-order valence-electron chi connectivity index (χ1n) is 7.35. The van der Waals surface area contributed by atoms with Crippen molar-refractivity contribution in [2.45, 2.75) is 31.7 Å². The zero-order valence-electron chi connectivity index (χ0n) is 12.7. The number of carbonyl (C=O) groups excluding carboxylic acids is 1. The topological polar surface area (TPSA) is 56.8 Å². The highest BCUT2D eigenvalue weighted by Crippen LogP contribution is 2.28. The molecule has 5 nitrogen and oxygen atoms in total. The van der Waals surface area contributed by atoms with E-state index in [1.165, 1.54) is 12.8 Å². The Morgan fingerprint density at radius 2 is 1.95 bits per heavy atom. The number of nitrogens with one attached hydrogen (secondary N) is 1. The molecule has 0 bridgehead atoms. The molecule has 0 unspecified atom stereocenters. The second-order valence-corrected chi connectivity index (χ2v) is 5.16. The van der Waals surface area contributed by atoms with Crippen LogP contribution in [0.5, 0.6) is 11.5 Å². The molecule has 2 rings (SSSR count). The summed E-state index contributed by atoms with van der Waals surface area (Å²) in [5.41, 5.74) is 0.595. The highest BCUT2D eigenvalue weighted by molar-refractivity contribution is 5.95. The van der Waals surface area contributed by atoms with E-state index in [1.54, 1.807) is 32.4 Å². The molecule has 0 aliphatic heterocycles. The number of carbonyl (C=O) groups is 1. The molecule has 116 valence electrons. The van der Waals surface area contributed by atoms with Crippen LogP contribution in [-0.2, 0) is 4.74 Å². The SMILES string of the molecule is COCCOc1ccc(C(=O)NC2CCCC2)cc1OC. The van der Waals surface area contributed by atoms with Gasteiger partial charge in [-0.3, -0.25) is 4.79 Å². The largest absolute Gasteiger partial charge is 0.493 e. The van der Waals surface area contributed by atoms with E-state index in [2.05, 4.69) is 5.32 Å². The molecule has 1 aliphatic rings. The van der Waals surface area contributed by atoms with E-state index in [1.807, 2.05) is 0 Å². The van der Waals surface area contributed by atoms with Gasteiger partial charge in [0.25, 0.3) is 5.91 Å². The van der Waals surface area contributed by atoms with Gasteiger partial charge in [-0.1, -0.05) is 12.8 Å². The molecular weight excluding hydrogens is 270 g/mol. The van der Waals surface area contributed by atoms with Crippen molar-refractivity contribution in [3.8, 4) is 11.5 Å². The third kappa shape index (κ3) is 4.36. The van der Waals surface area contributed by atoms with Gasteiger partial charge in [0.15, 0.2) is 11.5 Å². The molecule has 0 atom stereocenters. The Morgan fingerprint density at radius 1 is 1.19 bits per heavy atom. The molecule has 0 radical (unpaired) electrons. The summed E-state index contributed by atoms with van der Waals surface area (Å²) in [4.78, 5) is 12.2. The third-order valence-corrected chi connectivity index (χ3v) is 3.66. The van der Waals surface area contributed by atoms with E-state index in [0.29, 0.717) is 36.3 Å². The number of methoxy groups -OCH3 is 2. The second-order valence-electron chi connectivity index (χ2n) is 5.16. The average molecular weight is 293 g/mol. The van der Waals surface area contributed by atoms with E-state index in [-0.39, 0.29) is 5.91 Å². The first-order valence-corrected chi connectivity index (χ1v) is 7.35. The molecule has 1 aromatic rings. The first kappa shape index (κ1) is 15.6. The van der Waals surface area contributed by atoms with Gasteiger partial charge in [-0.25, -0.2) is 0 Å². The maximum atomic E-state index is 12.2. The van der Waals surface area contributed by atoms with Crippen molar-refractivity contribution < 1.29 is 19.0 Å². The second kappa shape index (κ2) is 7.88. The number of benzene rings is 1. The lowest BCUT2D eigenvalue weighted by atomic mass is 10.1. The van der Waals surface area contributed by atoms with Crippen LogP contribution in [0.2, 0.25) is 0 Å². The van der Waals surface area contributed by atoms with Crippen LogP contribution in [0.25, 0.3) is 0 Å². The number of hydrogen-bond acceptors (Lipinski definition) is 4. The molecule has 1 fully saturated rings. The van der Waals surface area contributed by atoms with Gasteiger partial charge in [-0.2, -0.15) is 0 Å². The summed E-state index contributed by atoms with van der Waals surface area (Å²) in [6, 6.07) is 5.54. The van der Waals surface area contributed by atoms with Gasteiger partial charge in [0.05, 0.1) is 13.7 Å². The summed E-state index contributed by atoms with van der Waals surface area (Å²) in [6.45, 7) is 0.952. The van der Waals surface area contributed by atoms with Crippen LogP contribution in [0.15, 0.2) is 18.2 Å². The zero-order chi connectivity index (χ0) is 15.1. The summed E-state index contributed by atoms with van der Waals surface area (Å²) in [6.07, 6.45) is 4.53. The third-order valence-electron chi connectivity index (χ3n) is 3.66. The predicted octanol–water partition coefficient (Wildman–Crippen LogP) is 2.39. The van der Waals surface area contributed by atoms with Crippen LogP contribution in [0.3, 0.4) is 0 Å². The first-order chi connectivity index (χ1) is 10.2. The number of amides is 1. The summed E-state index contributed by atoms with van der Waals surface area (Å²) in [7, 11) is 3.19. The van der Waals surface area contributed by atoms with Gasteiger partial charge < -0.3 is 19.5 Å². The Kier molecular flexibility index (Phi) is 5.87. The summed E-state index contributed by atoms with van der Waals surface area (Å²) in [5.74, 6) is 1.13. The maximum absolute atomic E-state index is 12.2. The van der Waals surface area contributed by atoms with E-state index in [0.717, 1.165) is 12.8 Å². The number of hydrogen-bond donors (Lipinski definition) is 1. The van der Waals surface area contributed by atoms with Gasteiger partial charge >= 0.3 is 0 Å². The predicted molar refractivity (Wildman–Crippen MR) is 80.1 cm³/mol. The van der Waals surface area contributed by atoms with Gasteiger partial charge in [-0.15, -0.1) is 0 Å². The lowest BCUT2D eigenvalue weighted by Crippen LogP contribution is -2.32. The summed E-state index contributed by atoms with van der Waals surface area (Å²) in [5, 5.41) is 3.06. The monoisotopic (exact) mass is 293 g/mol. The lowest BCUT2D eigenvalue weighted by molar-refractivity contribution is 0.0937. The van der Waals surface area contributed by atoms with Crippen molar-refractivity contribution in [2.24, 2.45) is 0 Å². The molecular formula is C16H23NO4. The van der Waals surface area contributed by atoms with E-state index in [9.17, 15) is 4.79 Å². The van der Waals surface area contributed by atoms with Crippen molar-refractivity contribution in [1.29, 1.82) is 0 Å². The van der Waals surface area contributed by atoms with Crippen molar-refractivity contribution in [3.05, 3.63) is 23.8 Å². The summed E-state index contributed by atoms with van der Waals surface area (Å²) >= 11 is 0. The molecule has 1 aliphatic carbocycles. The van der Waals surface area contributed by atoms with E-state index >= 15 is 0 Å². The highest BCUT2D eigenvalue weighted by Gasteiger charge is 2.19. The van der Waals surface area contributed by atoms with Crippen molar-refractivity contribution in [2.75, 3.05) is 27.4 Å². The smallest absolute Gasteiger partial charge is 0.251 e. The molecule has 1 saturated carbocycles. The zero-order valence-corrected chi connectivity index (χ0v) is 12.7. The molecule has 1 aromatic carbocycles. The fourth-order valence-electron chi connectivity index (χ4n) is 2.50. The minimum absolute atomic E-state index is 0.0522. The Hall–Kier alpha value is -1.75. The van der Waals surface area contributed by atoms with Crippen molar-refractivity contribution in [3.63, 3.8) is 0 Å².